The van der Waals surface area contributed by atoms with Crippen LogP contribution in [-0.2, 0) is 5.54 Å². The number of carbonyl (C=O) groups excluding carboxylic acids is 1. The highest BCUT2D eigenvalue weighted by Gasteiger charge is 2.73. The first kappa shape index (κ1) is 20.6. The highest BCUT2D eigenvalue weighted by molar-refractivity contribution is 5.96. The monoisotopic (exact) mass is 416 g/mol. The highest BCUT2D eigenvalue weighted by Crippen LogP contribution is 2.52. The predicted molar refractivity (Wildman–Crippen MR) is 92.5 cm³/mol. The Balaban J connectivity index is 2.18. The number of ether oxygens (including phenoxy) is 1. The number of fused-ring (bicyclic) bond motifs is 1. The van der Waals surface area contributed by atoms with Crippen LogP contribution in [0.25, 0.3) is 10.9 Å². The first-order valence-electron chi connectivity index (χ1n) is 8.18. The molecule has 0 aliphatic rings. The maximum atomic E-state index is 14.0. The van der Waals surface area contributed by atoms with Gasteiger partial charge in [-0.05, 0) is 30.3 Å². The molecule has 0 aliphatic heterocycles. The average molecular weight is 416 g/mol. The van der Waals surface area contributed by atoms with Gasteiger partial charge in [0.25, 0.3) is 11.4 Å². The van der Waals surface area contributed by atoms with Gasteiger partial charge in [-0.2, -0.15) is 26.3 Å². The molecule has 0 unspecified atom stereocenters. The molecule has 0 fully saturated rings. The number of aromatic nitrogens is 1. The van der Waals surface area contributed by atoms with Gasteiger partial charge in [-0.25, -0.2) is 0 Å². The molecule has 0 saturated carbocycles. The number of benzene rings is 2. The third-order valence-electron chi connectivity index (χ3n) is 4.50. The van der Waals surface area contributed by atoms with Crippen LogP contribution in [0.3, 0.4) is 0 Å². The van der Waals surface area contributed by atoms with E-state index >= 15 is 0 Å². The van der Waals surface area contributed by atoms with E-state index in [0.717, 1.165) is 18.2 Å². The smallest absolute Gasteiger partial charge is 0.424 e. The van der Waals surface area contributed by atoms with Crippen LogP contribution in [-0.4, -0.2) is 30.4 Å². The molecule has 154 valence electrons. The molecule has 4 nitrogen and oxygen atoms in total. The Hall–Kier alpha value is -3.17. The number of halogens is 6. The van der Waals surface area contributed by atoms with Gasteiger partial charge in [0.2, 0.25) is 0 Å². The van der Waals surface area contributed by atoms with Crippen molar-refractivity contribution in [3.05, 3.63) is 65.9 Å². The van der Waals surface area contributed by atoms with Crippen LogP contribution in [0.4, 0.5) is 26.3 Å². The minimum Gasteiger partial charge on any atom is -0.497 e. The highest BCUT2D eigenvalue weighted by atomic mass is 19.4. The molecule has 3 aromatic rings. The number of hydrogen-bond acceptors (Lipinski definition) is 2. The van der Waals surface area contributed by atoms with Crippen LogP contribution in [0.5, 0.6) is 5.75 Å². The van der Waals surface area contributed by atoms with E-state index in [2.05, 4.69) is 4.98 Å². The van der Waals surface area contributed by atoms with E-state index in [1.807, 2.05) is 0 Å². The van der Waals surface area contributed by atoms with Crippen LogP contribution in [0.2, 0.25) is 0 Å². The fraction of sp³-hybridized carbons (Fsp3) is 0.211. The normalized spacial score (nSPS) is 12.8. The average Bonchev–Trinajstić information content (AvgIpc) is 3.08. The van der Waals surface area contributed by atoms with Crippen molar-refractivity contribution in [2.24, 2.45) is 0 Å². The number of alkyl halides is 6. The zero-order chi connectivity index (χ0) is 21.4. The van der Waals surface area contributed by atoms with Crippen LogP contribution < -0.4 is 10.1 Å². The molecule has 1 aromatic heterocycles. The minimum absolute atomic E-state index is 0.0686. The summed E-state index contributed by atoms with van der Waals surface area (Å²) in [5, 5.41) is 0.901. The molecular formula is C19H14F6N2O2. The molecule has 0 aliphatic carbocycles. The summed E-state index contributed by atoms with van der Waals surface area (Å²) in [6.45, 7) is 0. The second-order valence-corrected chi connectivity index (χ2v) is 6.18. The van der Waals surface area contributed by atoms with Crippen molar-refractivity contribution in [2.45, 2.75) is 17.9 Å². The van der Waals surface area contributed by atoms with E-state index in [9.17, 15) is 31.1 Å². The fourth-order valence-electron chi connectivity index (χ4n) is 3.04. The Bertz CT molecular complexity index is 1010. The molecule has 0 bridgehead atoms. The fourth-order valence-corrected chi connectivity index (χ4v) is 3.04. The summed E-state index contributed by atoms with van der Waals surface area (Å²) in [6, 6.07) is 9.87. The van der Waals surface area contributed by atoms with Crippen molar-refractivity contribution in [1.82, 2.24) is 10.3 Å². The second kappa shape index (κ2) is 7.02. The number of para-hydroxylation sites is 1. The van der Waals surface area contributed by atoms with E-state index in [4.69, 9.17) is 4.74 Å². The molecule has 1 amide bonds. The van der Waals surface area contributed by atoms with Crippen LogP contribution in [0.15, 0.2) is 54.7 Å². The Kier molecular flexibility index (Phi) is 4.97. The summed E-state index contributed by atoms with van der Waals surface area (Å²) in [6.07, 6.45) is -11.1. The van der Waals surface area contributed by atoms with E-state index in [-0.39, 0.29) is 22.2 Å². The molecule has 0 saturated heterocycles. The van der Waals surface area contributed by atoms with E-state index < -0.39 is 29.4 Å². The van der Waals surface area contributed by atoms with E-state index in [1.165, 1.54) is 42.8 Å². The third kappa shape index (κ3) is 3.39. The maximum absolute atomic E-state index is 14.0. The van der Waals surface area contributed by atoms with Crippen molar-refractivity contribution in [1.29, 1.82) is 0 Å². The van der Waals surface area contributed by atoms with Crippen molar-refractivity contribution >= 4 is 16.8 Å². The first-order chi connectivity index (χ1) is 13.5. The zero-order valence-electron chi connectivity index (χ0n) is 14.8. The van der Waals surface area contributed by atoms with Crippen molar-refractivity contribution in [3.63, 3.8) is 0 Å². The second-order valence-electron chi connectivity index (χ2n) is 6.18. The molecule has 0 atom stereocenters. The lowest BCUT2D eigenvalue weighted by molar-refractivity contribution is -0.309. The Morgan fingerprint density at radius 1 is 0.931 bits per heavy atom. The number of rotatable bonds is 4. The van der Waals surface area contributed by atoms with Crippen LogP contribution >= 0.6 is 0 Å². The molecule has 10 heteroatoms. The summed E-state index contributed by atoms with van der Waals surface area (Å²) in [5.41, 5.74) is -6.08. The van der Waals surface area contributed by atoms with Crippen molar-refractivity contribution < 1.29 is 35.9 Å². The van der Waals surface area contributed by atoms with Gasteiger partial charge in [-0.3, -0.25) is 4.79 Å². The van der Waals surface area contributed by atoms with Crippen LogP contribution in [0.1, 0.15) is 15.9 Å². The lowest BCUT2D eigenvalue weighted by Gasteiger charge is -2.37. The molecule has 0 radical (unpaired) electrons. The summed E-state index contributed by atoms with van der Waals surface area (Å²) < 4.78 is 88.8. The van der Waals surface area contributed by atoms with Crippen molar-refractivity contribution in [3.8, 4) is 5.75 Å². The number of aromatic amines is 1. The number of nitrogens with one attached hydrogen (secondary N) is 2. The lowest BCUT2D eigenvalue weighted by Crippen LogP contribution is -2.64. The molecule has 3 rings (SSSR count). The predicted octanol–water partition coefficient (Wildman–Crippen LogP) is 4.93. The summed E-state index contributed by atoms with van der Waals surface area (Å²) in [5.74, 6) is -1.25. The molecule has 29 heavy (non-hydrogen) atoms. The molecule has 0 spiro atoms. The van der Waals surface area contributed by atoms with Gasteiger partial charge in [-0.1, -0.05) is 18.2 Å². The first-order valence-corrected chi connectivity index (χ1v) is 8.18. The van der Waals surface area contributed by atoms with Gasteiger partial charge in [0.05, 0.1) is 7.11 Å². The zero-order valence-corrected chi connectivity index (χ0v) is 14.8. The van der Waals surface area contributed by atoms with Crippen molar-refractivity contribution in [2.75, 3.05) is 7.11 Å². The molecular weight excluding hydrogens is 402 g/mol. The number of hydrogen-bond donors (Lipinski definition) is 2. The number of amides is 1. The SMILES string of the molecule is COc1ccc(C(=O)NC(c2c[nH]c3ccccc23)(C(F)(F)F)C(F)(F)F)cc1. The Morgan fingerprint density at radius 3 is 2.07 bits per heavy atom. The summed E-state index contributed by atoms with van der Waals surface area (Å²) in [4.78, 5) is 14.8. The third-order valence-corrected chi connectivity index (χ3v) is 4.50. The summed E-state index contributed by atoms with van der Waals surface area (Å²) in [7, 11) is 1.32. The van der Waals surface area contributed by atoms with E-state index in [1.54, 1.807) is 0 Å². The van der Waals surface area contributed by atoms with Gasteiger partial charge in [0.15, 0.2) is 0 Å². The van der Waals surface area contributed by atoms with Crippen LogP contribution in [0, 0.1) is 0 Å². The van der Waals surface area contributed by atoms with Gasteiger partial charge in [0, 0.05) is 28.2 Å². The number of methoxy groups -OCH3 is 1. The summed E-state index contributed by atoms with van der Waals surface area (Å²) >= 11 is 0. The topological polar surface area (TPSA) is 54.1 Å². The Morgan fingerprint density at radius 2 is 1.52 bits per heavy atom. The number of carbonyl (C=O) groups is 1. The minimum atomic E-state index is -5.88. The van der Waals surface area contributed by atoms with E-state index in [0.29, 0.717) is 6.20 Å². The quantitative estimate of drug-likeness (QED) is 0.593. The van der Waals surface area contributed by atoms with Gasteiger partial charge in [-0.15, -0.1) is 0 Å². The van der Waals surface area contributed by atoms with Gasteiger partial charge in [0.1, 0.15) is 5.75 Å². The van der Waals surface area contributed by atoms with Gasteiger partial charge >= 0.3 is 12.4 Å². The Labute approximate surface area is 160 Å². The molecule has 1 heterocycles. The standard InChI is InChI=1S/C19H14F6N2O2/c1-29-12-8-6-11(7-9-12)16(28)27-17(18(20,21)22,19(23,24)25)14-10-26-15-5-3-2-4-13(14)15/h2-10,26H,1H3,(H,27,28). The molecule has 2 aromatic carbocycles. The van der Waals surface area contributed by atoms with Gasteiger partial charge < -0.3 is 15.0 Å². The molecule has 2 N–H and O–H groups in total. The number of H-pyrrole nitrogens is 1. The largest absolute Gasteiger partial charge is 0.497 e. The maximum Gasteiger partial charge on any atom is 0.424 e. The lowest BCUT2D eigenvalue weighted by atomic mass is 9.87.